The van der Waals surface area contributed by atoms with Crippen molar-refractivity contribution in [3.8, 4) is 11.4 Å². The van der Waals surface area contributed by atoms with Gasteiger partial charge < -0.3 is 10.6 Å². The SMILES string of the molecule is Cc1nc(-c2ccccc2)ncc1C(=O)N1C[C@H](F)C[C@H]1C(N)=O. The van der Waals surface area contributed by atoms with E-state index in [2.05, 4.69) is 9.97 Å². The molecular formula is C17H17FN4O2. The number of nitrogens with two attached hydrogens (primary N) is 1. The highest BCUT2D eigenvalue weighted by Crippen LogP contribution is 2.24. The van der Waals surface area contributed by atoms with Crippen molar-refractivity contribution in [3.63, 3.8) is 0 Å². The summed E-state index contributed by atoms with van der Waals surface area (Å²) in [4.78, 5) is 33.8. The third-order valence-corrected chi connectivity index (χ3v) is 4.08. The third kappa shape index (κ3) is 2.97. The second kappa shape index (κ2) is 6.35. The van der Waals surface area contributed by atoms with Crippen LogP contribution in [0, 0.1) is 6.92 Å². The van der Waals surface area contributed by atoms with Crippen LogP contribution in [0.25, 0.3) is 11.4 Å². The molecule has 2 amide bonds. The van der Waals surface area contributed by atoms with Crippen LogP contribution in [0.2, 0.25) is 0 Å². The van der Waals surface area contributed by atoms with E-state index in [4.69, 9.17) is 5.73 Å². The van der Waals surface area contributed by atoms with Gasteiger partial charge in [-0.3, -0.25) is 9.59 Å². The molecule has 0 saturated carbocycles. The summed E-state index contributed by atoms with van der Waals surface area (Å²) >= 11 is 0. The van der Waals surface area contributed by atoms with E-state index in [0.717, 1.165) is 5.56 Å². The number of halogens is 1. The second-order valence-corrected chi connectivity index (χ2v) is 5.77. The van der Waals surface area contributed by atoms with Crippen LogP contribution in [0.15, 0.2) is 36.5 Å². The first-order valence-electron chi connectivity index (χ1n) is 7.60. The fraction of sp³-hybridized carbons (Fsp3) is 0.294. The predicted octanol–water partition coefficient (Wildman–Crippen LogP) is 1.49. The Kier molecular flexibility index (Phi) is 4.24. The van der Waals surface area contributed by atoms with Crippen molar-refractivity contribution in [3.05, 3.63) is 47.8 Å². The molecule has 7 heteroatoms. The Morgan fingerprint density at radius 2 is 2.00 bits per heavy atom. The Morgan fingerprint density at radius 3 is 2.62 bits per heavy atom. The maximum absolute atomic E-state index is 13.6. The molecule has 2 atom stereocenters. The molecule has 0 radical (unpaired) electrons. The van der Waals surface area contributed by atoms with E-state index in [1.54, 1.807) is 6.92 Å². The first kappa shape index (κ1) is 16.0. The van der Waals surface area contributed by atoms with Gasteiger partial charge in [0.25, 0.3) is 5.91 Å². The minimum atomic E-state index is -1.25. The van der Waals surface area contributed by atoms with E-state index < -0.39 is 24.0 Å². The number of likely N-dealkylation sites (tertiary alicyclic amines) is 1. The van der Waals surface area contributed by atoms with Gasteiger partial charge in [-0.15, -0.1) is 0 Å². The first-order chi connectivity index (χ1) is 11.5. The normalized spacial score (nSPS) is 20.2. The van der Waals surface area contributed by atoms with E-state index in [9.17, 15) is 14.0 Å². The van der Waals surface area contributed by atoms with E-state index >= 15 is 0 Å². The highest BCUT2D eigenvalue weighted by Gasteiger charge is 2.39. The molecule has 6 nitrogen and oxygen atoms in total. The smallest absolute Gasteiger partial charge is 0.258 e. The number of hydrogen-bond acceptors (Lipinski definition) is 4. The van der Waals surface area contributed by atoms with E-state index in [-0.39, 0.29) is 18.5 Å². The average Bonchev–Trinajstić information content (AvgIpc) is 2.97. The molecule has 0 bridgehead atoms. The number of benzene rings is 1. The number of carbonyl (C=O) groups excluding carboxylic acids is 2. The molecule has 2 N–H and O–H groups in total. The molecular weight excluding hydrogens is 311 g/mol. The van der Waals surface area contributed by atoms with Gasteiger partial charge in [-0.1, -0.05) is 30.3 Å². The standard InChI is InChI=1S/C17H17FN4O2/c1-10-13(8-20-16(21-10)11-5-3-2-4-6-11)17(24)22-9-12(18)7-14(22)15(19)23/h2-6,8,12,14H,7,9H2,1H3,(H2,19,23)/t12-,14+/m1/s1. The lowest BCUT2D eigenvalue weighted by Crippen LogP contribution is -2.44. The van der Waals surface area contributed by atoms with E-state index in [1.807, 2.05) is 30.3 Å². The summed E-state index contributed by atoms with van der Waals surface area (Å²) in [5, 5.41) is 0. The molecule has 0 spiro atoms. The number of carbonyl (C=O) groups is 2. The number of aromatic nitrogens is 2. The van der Waals surface area contributed by atoms with Crippen LogP contribution in [0.1, 0.15) is 22.5 Å². The summed E-state index contributed by atoms with van der Waals surface area (Å²) in [5.74, 6) is -0.681. The van der Waals surface area contributed by atoms with Crippen LogP contribution < -0.4 is 5.73 Å². The topological polar surface area (TPSA) is 89.2 Å². The van der Waals surface area contributed by atoms with Crippen molar-refractivity contribution in [1.82, 2.24) is 14.9 Å². The molecule has 1 aliphatic heterocycles. The molecule has 1 aromatic heterocycles. The second-order valence-electron chi connectivity index (χ2n) is 5.77. The van der Waals surface area contributed by atoms with Crippen LogP contribution in [0.5, 0.6) is 0 Å². The van der Waals surface area contributed by atoms with Gasteiger partial charge in [0.15, 0.2) is 5.82 Å². The number of amides is 2. The van der Waals surface area contributed by atoms with Gasteiger partial charge in [-0.2, -0.15) is 0 Å². The Balaban J connectivity index is 1.90. The summed E-state index contributed by atoms with van der Waals surface area (Å²) in [7, 11) is 0. The van der Waals surface area contributed by atoms with Crippen molar-refractivity contribution >= 4 is 11.8 Å². The minimum Gasteiger partial charge on any atom is -0.368 e. The van der Waals surface area contributed by atoms with Gasteiger partial charge in [0.1, 0.15) is 12.2 Å². The zero-order valence-corrected chi connectivity index (χ0v) is 13.1. The molecule has 0 aliphatic carbocycles. The number of alkyl halides is 1. The van der Waals surface area contributed by atoms with E-state index in [0.29, 0.717) is 11.5 Å². The molecule has 24 heavy (non-hydrogen) atoms. The summed E-state index contributed by atoms with van der Waals surface area (Å²) < 4.78 is 13.6. The van der Waals surface area contributed by atoms with Gasteiger partial charge >= 0.3 is 0 Å². The van der Waals surface area contributed by atoms with E-state index in [1.165, 1.54) is 11.1 Å². The van der Waals surface area contributed by atoms with Crippen molar-refractivity contribution in [2.24, 2.45) is 5.73 Å². The van der Waals surface area contributed by atoms with Gasteiger partial charge in [-0.05, 0) is 6.92 Å². The Hall–Kier alpha value is -2.83. The Labute approximate surface area is 138 Å². The number of aryl methyl sites for hydroxylation is 1. The zero-order valence-electron chi connectivity index (χ0n) is 13.1. The lowest BCUT2D eigenvalue weighted by Gasteiger charge is -2.22. The molecule has 1 aliphatic rings. The molecule has 2 aromatic rings. The van der Waals surface area contributed by atoms with Crippen LogP contribution in [0.4, 0.5) is 4.39 Å². The first-order valence-corrected chi connectivity index (χ1v) is 7.60. The van der Waals surface area contributed by atoms with Crippen molar-refractivity contribution in [2.45, 2.75) is 25.6 Å². The molecule has 124 valence electrons. The average molecular weight is 328 g/mol. The van der Waals surface area contributed by atoms with Crippen molar-refractivity contribution in [1.29, 1.82) is 0 Å². The van der Waals surface area contributed by atoms with Crippen molar-refractivity contribution in [2.75, 3.05) is 6.54 Å². The molecule has 3 rings (SSSR count). The lowest BCUT2D eigenvalue weighted by molar-refractivity contribution is -0.121. The predicted molar refractivity (Wildman–Crippen MR) is 85.7 cm³/mol. The maximum atomic E-state index is 13.6. The Morgan fingerprint density at radius 1 is 1.29 bits per heavy atom. The summed E-state index contributed by atoms with van der Waals surface area (Å²) in [6.45, 7) is 1.54. The highest BCUT2D eigenvalue weighted by molar-refractivity contribution is 5.98. The number of nitrogens with zero attached hydrogens (tertiary/aromatic N) is 3. The quantitative estimate of drug-likeness (QED) is 0.924. The fourth-order valence-corrected chi connectivity index (χ4v) is 2.84. The summed E-state index contributed by atoms with van der Waals surface area (Å²) in [6, 6.07) is 8.44. The lowest BCUT2D eigenvalue weighted by atomic mass is 10.1. The number of hydrogen-bond donors (Lipinski definition) is 1. The monoisotopic (exact) mass is 328 g/mol. The summed E-state index contributed by atoms with van der Waals surface area (Å²) in [5.41, 5.74) is 6.82. The zero-order chi connectivity index (χ0) is 17.3. The number of rotatable bonds is 3. The molecule has 1 fully saturated rings. The van der Waals surface area contributed by atoms with Crippen LogP contribution in [-0.4, -0.2) is 45.4 Å². The summed E-state index contributed by atoms with van der Waals surface area (Å²) in [6.07, 6.45) is 0.0935. The Bertz CT molecular complexity index is 781. The molecule has 1 aromatic carbocycles. The third-order valence-electron chi connectivity index (χ3n) is 4.08. The van der Waals surface area contributed by atoms with Crippen molar-refractivity contribution < 1.29 is 14.0 Å². The fourth-order valence-electron chi connectivity index (χ4n) is 2.84. The van der Waals surface area contributed by atoms with Crippen LogP contribution >= 0.6 is 0 Å². The molecule has 0 unspecified atom stereocenters. The maximum Gasteiger partial charge on any atom is 0.258 e. The molecule has 1 saturated heterocycles. The van der Waals surface area contributed by atoms with Gasteiger partial charge in [0, 0.05) is 18.2 Å². The molecule has 2 heterocycles. The van der Waals surface area contributed by atoms with Gasteiger partial charge in [-0.25, -0.2) is 14.4 Å². The minimum absolute atomic E-state index is 0.0664. The number of primary amides is 1. The largest absolute Gasteiger partial charge is 0.368 e. The van der Waals surface area contributed by atoms with Crippen LogP contribution in [-0.2, 0) is 4.79 Å². The van der Waals surface area contributed by atoms with Crippen LogP contribution in [0.3, 0.4) is 0 Å². The van der Waals surface area contributed by atoms with Gasteiger partial charge in [0.2, 0.25) is 5.91 Å². The highest BCUT2D eigenvalue weighted by atomic mass is 19.1. The van der Waals surface area contributed by atoms with Gasteiger partial charge in [0.05, 0.1) is 17.8 Å².